The van der Waals surface area contributed by atoms with Crippen LogP contribution in [-0.2, 0) is 14.8 Å². The van der Waals surface area contributed by atoms with Crippen molar-refractivity contribution in [1.29, 1.82) is 0 Å². The van der Waals surface area contributed by atoms with Gasteiger partial charge in [0.05, 0.1) is 29.7 Å². The van der Waals surface area contributed by atoms with Crippen molar-refractivity contribution in [3.8, 4) is 11.5 Å². The van der Waals surface area contributed by atoms with Gasteiger partial charge in [0.25, 0.3) is 5.91 Å². The van der Waals surface area contributed by atoms with E-state index in [-0.39, 0.29) is 11.5 Å². The Bertz CT molecular complexity index is 1040. The third kappa shape index (κ3) is 6.20. The molecule has 0 atom stereocenters. The lowest BCUT2D eigenvalue weighted by Gasteiger charge is -2.21. The highest BCUT2D eigenvalue weighted by atomic mass is 79.9. The topological polar surface area (TPSA) is 108 Å². The summed E-state index contributed by atoms with van der Waals surface area (Å²) in [5.74, 6) is -0.104. The van der Waals surface area contributed by atoms with Crippen molar-refractivity contribution in [3.05, 3.63) is 52.0 Å². The number of nitrogens with one attached hydrogen (secondary N) is 1. The zero-order valence-electron chi connectivity index (χ0n) is 17.1. The minimum absolute atomic E-state index is 0.0500. The fourth-order valence-electron chi connectivity index (χ4n) is 2.59. The Morgan fingerprint density at radius 1 is 1.30 bits per heavy atom. The quantitative estimate of drug-likeness (QED) is 0.429. The summed E-state index contributed by atoms with van der Waals surface area (Å²) >= 11 is 3.20. The number of benzene rings is 2. The van der Waals surface area contributed by atoms with Gasteiger partial charge in [-0.3, -0.25) is 9.10 Å². The molecule has 0 radical (unpaired) electrons. The Hall–Kier alpha value is -2.59. The predicted octanol–water partition coefficient (Wildman–Crippen LogP) is 3.20. The molecule has 0 unspecified atom stereocenters. The summed E-state index contributed by atoms with van der Waals surface area (Å²) in [7, 11) is -2.26. The van der Waals surface area contributed by atoms with Crippen LogP contribution in [-0.4, -0.2) is 45.6 Å². The number of nitrogens with zero attached hydrogens (tertiary/aromatic N) is 2. The van der Waals surface area contributed by atoms with Crippen molar-refractivity contribution in [2.45, 2.75) is 19.8 Å². The van der Waals surface area contributed by atoms with Crippen molar-refractivity contribution in [1.82, 2.24) is 5.43 Å². The van der Waals surface area contributed by atoms with Gasteiger partial charge in [-0.05, 0) is 57.2 Å². The lowest BCUT2D eigenvalue weighted by molar-refractivity contribution is -0.119. The number of phenols is 1. The van der Waals surface area contributed by atoms with Crippen LogP contribution in [0, 0.1) is 0 Å². The number of carbonyl (C=O) groups excluding carboxylic acids is 1. The van der Waals surface area contributed by atoms with E-state index in [2.05, 4.69) is 26.5 Å². The van der Waals surface area contributed by atoms with Gasteiger partial charge in [0.1, 0.15) is 6.54 Å². The van der Waals surface area contributed by atoms with Gasteiger partial charge < -0.3 is 9.84 Å². The van der Waals surface area contributed by atoms with E-state index in [0.29, 0.717) is 21.6 Å². The minimum Gasteiger partial charge on any atom is -0.503 e. The van der Waals surface area contributed by atoms with Crippen LogP contribution in [0.4, 0.5) is 5.69 Å². The van der Waals surface area contributed by atoms with Crippen LogP contribution in [0.3, 0.4) is 0 Å². The summed E-state index contributed by atoms with van der Waals surface area (Å²) in [6.07, 6.45) is 2.40. The number of anilines is 1. The van der Waals surface area contributed by atoms with Gasteiger partial charge in [-0.25, -0.2) is 13.8 Å². The van der Waals surface area contributed by atoms with Crippen LogP contribution >= 0.6 is 15.9 Å². The molecule has 10 heteroatoms. The van der Waals surface area contributed by atoms with E-state index in [1.807, 2.05) is 26.0 Å². The Kier molecular flexibility index (Phi) is 7.85. The second kappa shape index (κ2) is 9.94. The van der Waals surface area contributed by atoms with Crippen LogP contribution in [0.15, 0.2) is 46.0 Å². The predicted molar refractivity (Wildman–Crippen MR) is 121 cm³/mol. The molecule has 0 spiro atoms. The smallest absolute Gasteiger partial charge is 0.260 e. The number of carbonyl (C=O) groups is 1. The second-order valence-electron chi connectivity index (χ2n) is 6.86. The van der Waals surface area contributed by atoms with E-state index in [0.717, 1.165) is 16.1 Å². The van der Waals surface area contributed by atoms with Gasteiger partial charge in [-0.2, -0.15) is 5.10 Å². The molecule has 0 aromatic heterocycles. The standard InChI is InChI=1S/C20H24BrN3O5S/c1-13(2)15-5-7-16(8-6-15)24(30(4,27)28)12-19(25)23-22-11-14-9-17(21)20(26)18(10-14)29-3/h5-11,13,26H,12H2,1-4H3,(H,23,25)/b22-11-. The van der Waals surface area contributed by atoms with Gasteiger partial charge >= 0.3 is 0 Å². The summed E-state index contributed by atoms with van der Waals surface area (Å²) in [5, 5.41) is 13.7. The average molecular weight is 498 g/mol. The Morgan fingerprint density at radius 2 is 1.93 bits per heavy atom. The molecule has 0 heterocycles. The monoisotopic (exact) mass is 497 g/mol. The number of phenolic OH excluding ortho intramolecular Hbond substituents is 1. The highest BCUT2D eigenvalue weighted by molar-refractivity contribution is 9.10. The van der Waals surface area contributed by atoms with Crippen LogP contribution in [0.5, 0.6) is 11.5 Å². The SMILES string of the molecule is COc1cc(/C=N\NC(=O)CN(c2ccc(C(C)C)cc2)S(C)(=O)=O)cc(Br)c1O. The first-order chi connectivity index (χ1) is 14.0. The van der Waals surface area contributed by atoms with Gasteiger partial charge in [-0.15, -0.1) is 0 Å². The van der Waals surface area contributed by atoms with Gasteiger partial charge in [-0.1, -0.05) is 26.0 Å². The molecule has 8 nitrogen and oxygen atoms in total. The van der Waals surface area contributed by atoms with Crippen LogP contribution in [0.2, 0.25) is 0 Å². The lowest BCUT2D eigenvalue weighted by atomic mass is 10.0. The van der Waals surface area contributed by atoms with Crippen molar-refractivity contribution in [2.24, 2.45) is 5.10 Å². The lowest BCUT2D eigenvalue weighted by Crippen LogP contribution is -2.39. The largest absolute Gasteiger partial charge is 0.503 e. The molecule has 0 bridgehead atoms. The summed E-state index contributed by atoms with van der Waals surface area (Å²) in [5.41, 5.74) is 4.33. The highest BCUT2D eigenvalue weighted by Gasteiger charge is 2.20. The van der Waals surface area contributed by atoms with Gasteiger partial charge in [0.2, 0.25) is 10.0 Å². The van der Waals surface area contributed by atoms with E-state index >= 15 is 0 Å². The number of hydrogen-bond donors (Lipinski definition) is 2. The molecule has 2 aromatic rings. The first-order valence-electron chi connectivity index (χ1n) is 8.99. The number of hydrogen-bond acceptors (Lipinski definition) is 6. The molecule has 2 N–H and O–H groups in total. The molecule has 162 valence electrons. The molecule has 0 aliphatic carbocycles. The number of halogens is 1. The maximum absolute atomic E-state index is 12.3. The maximum Gasteiger partial charge on any atom is 0.260 e. The van der Waals surface area contributed by atoms with Crippen LogP contribution in [0.1, 0.15) is 30.9 Å². The molecule has 2 aromatic carbocycles. The second-order valence-corrected chi connectivity index (χ2v) is 9.62. The Labute approximate surface area is 184 Å². The van der Waals surface area contributed by atoms with Crippen molar-refractivity contribution < 1.29 is 23.1 Å². The summed E-state index contributed by atoms with van der Waals surface area (Å²) in [6.45, 7) is 3.66. The average Bonchev–Trinajstić information content (AvgIpc) is 2.68. The van der Waals surface area contributed by atoms with Crippen LogP contribution < -0.4 is 14.5 Å². The maximum atomic E-state index is 12.3. The van der Waals surface area contributed by atoms with Gasteiger partial charge in [0, 0.05) is 0 Å². The van der Waals surface area contributed by atoms with E-state index in [1.165, 1.54) is 19.4 Å². The fourth-order valence-corrected chi connectivity index (χ4v) is 3.91. The minimum atomic E-state index is -3.67. The van der Waals surface area contributed by atoms with Crippen LogP contribution in [0.25, 0.3) is 0 Å². The van der Waals surface area contributed by atoms with Crippen molar-refractivity contribution in [2.75, 3.05) is 24.2 Å². The number of ether oxygens (including phenoxy) is 1. The van der Waals surface area contributed by atoms with E-state index in [9.17, 15) is 18.3 Å². The molecular formula is C20H24BrN3O5S. The fraction of sp³-hybridized carbons (Fsp3) is 0.300. The van der Waals surface area contributed by atoms with Crippen molar-refractivity contribution in [3.63, 3.8) is 0 Å². The molecule has 0 aliphatic heterocycles. The van der Waals surface area contributed by atoms with E-state index in [4.69, 9.17) is 4.74 Å². The number of methoxy groups -OCH3 is 1. The summed E-state index contributed by atoms with van der Waals surface area (Å²) in [6, 6.07) is 10.1. The zero-order valence-corrected chi connectivity index (χ0v) is 19.5. The number of hydrazone groups is 1. The molecule has 0 aliphatic rings. The molecule has 1 amide bonds. The number of rotatable bonds is 8. The highest BCUT2D eigenvalue weighted by Crippen LogP contribution is 2.34. The molecule has 2 rings (SSSR count). The van der Waals surface area contributed by atoms with E-state index in [1.54, 1.807) is 18.2 Å². The first-order valence-corrected chi connectivity index (χ1v) is 11.6. The summed E-state index contributed by atoms with van der Waals surface area (Å²) in [4.78, 5) is 12.3. The summed E-state index contributed by atoms with van der Waals surface area (Å²) < 4.78 is 30.8. The Balaban J connectivity index is 2.12. The third-order valence-corrected chi connectivity index (χ3v) is 5.95. The van der Waals surface area contributed by atoms with E-state index < -0.39 is 22.5 Å². The number of aromatic hydroxyl groups is 1. The first kappa shape index (κ1) is 23.7. The molecule has 0 fully saturated rings. The third-order valence-electron chi connectivity index (χ3n) is 4.21. The number of sulfonamides is 1. The molecule has 0 saturated heterocycles. The molecule has 0 saturated carbocycles. The normalized spacial score (nSPS) is 11.7. The van der Waals surface area contributed by atoms with Crippen molar-refractivity contribution >= 4 is 43.8 Å². The van der Waals surface area contributed by atoms with Gasteiger partial charge in [0.15, 0.2) is 11.5 Å². The molecule has 30 heavy (non-hydrogen) atoms. The Morgan fingerprint density at radius 3 is 2.47 bits per heavy atom. The zero-order chi connectivity index (χ0) is 22.5. The number of amides is 1. The molecular weight excluding hydrogens is 474 g/mol.